The lowest BCUT2D eigenvalue weighted by Crippen LogP contribution is -2.22. The van der Waals surface area contributed by atoms with E-state index in [0.717, 1.165) is 29.2 Å². The first-order valence-electron chi connectivity index (χ1n) is 11.2. The van der Waals surface area contributed by atoms with Gasteiger partial charge in [0.1, 0.15) is 23.0 Å². The van der Waals surface area contributed by atoms with Crippen molar-refractivity contribution in [3.05, 3.63) is 120 Å². The molecule has 4 aromatic rings. The summed E-state index contributed by atoms with van der Waals surface area (Å²) in [5, 5.41) is 2.90. The Morgan fingerprint density at radius 1 is 0.676 bits per heavy atom. The van der Waals surface area contributed by atoms with Crippen LogP contribution in [0.3, 0.4) is 0 Å². The first-order valence-corrected chi connectivity index (χ1v) is 11.2. The van der Waals surface area contributed by atoms with Crippen LogP contribution in [0.2, 0.25) is 0 Å². The second-order valence-electron chi connectivity index (χ2n) is 7.53. The van der Waals surface area contributed by atoms with E-state index in [-0.39, 0.29) is 5.91 Å². The Hall–Kier alpha value is -4.25. The quantitative estimate of drug-likeness (QED) is 0.281. The van der Waals surface area contributed by atoms with Gasteiger partial charge in [0.05, 0.1) is 13.2 Å². The maximum Gasteiger partial charge on any atom is 0.251 e. The lowest BCUT2D eigenvalue weighted by atomic mass is 10.2. The standard InChI is InChI=1S/C29H26NO4/c31-29(24-10-3-1-4-11-24)30-22-23-9-7-14-28(21-23)33-20-8-19-32-25-15-17-27(18-16-25)34-26-12-5-2-6-13-26/h1-7,9-18H,8,19-20,22H2,(H,30,31). The van der Waals surface area contributed by atoms with Crippen LogP contribution in [0.1, 0.15) is 22.3 Å². The van der Waals surface area contributed by atoms with Crippen molar-refractivity contribution in [2.75, 3.05) is 13.2 Å². The van der Waals surface area contributed by atoms with Gasteiger partial charge in [0.15, 0.2) is 0 Å². The van der Waals surface area contributed by atoms with Crippen LogP contribution in [0.4, 0.5) is 0 Å². The number of rotatable bonds is 11. The second-order valence-corrected chi connectivity index (χ2v) is 7.53. The number of ether oxygens (including phenoxy) is 3. The highest BCUT2D eigenvalue weighted by Crippen LogP contribution is 2.23. The van der Waals surface area contributed by atoms with Crippen molar-refractivity contribution in [3.8, 4) is 23.0 Å². The first kappa shape index (κ1) is 22.9. The van der Waals surface area contributed by atoms with Crippen molar-refractivity contribution in [3.63, 3.8) is 0 Å². The van der Waals surface area contributed by atoms with E-state index in [1.165, 1.54) is 0 Å². The fourth-order valence-corrected chi connectivity index (χ4v) is 3.21. The summed E-state index contributed by atoms with van der Waals surface area (Å²) >= 11 is 0. The Labute approximate surface area is 199 Å². The zero-order chi connectivity index (χ0) is 23.4. The summed E-state index contributed by atoms with van der Waals surface area (Å²) in [4.78, 5) is 12.2. The lowest BCUT2D eigenvalue weighted by molar-refractivity contribution is 0.0951. The van der Waals surface area contributed by atoms with Gasteiger partial charge in [0.25, 0.3) is 5.91 Å². The van der Waals surface area contributed by atoms with E-state index in [0.29, 0.717) is 31.1 Å². The third-order valence-corrected chi connectivity index (χ3v) is 4.92. The van der Waals surface area contributed by atoms with Crippen LogP contribution in [-0.2, 0) is 6.54 Å². The Bertz CT molecular complexity index is 1160. The van der Waals surface area contributed by atoms with Crippen LogP contribution in [0.5, 0.6) is 23.0 Å². The van der Waals surface area contributed by atoms with Gasteiger partial charge < -0.3 is 19.5 Å². The molecule has 0 aliphatic rings. The summed E-state index contributed by atoms with van der Waals surface area (Å²) in [5.41, 5.74) is 1.49. The van der Waals surface area contributed by atoms with Crippen molar-refractivity contribution in [1.29, 1.82) is 0 Å². The number of hydrogen-bond acceptors (Lipinski definition) is 4. The maximum atomic E-state index is 12.2. The first-order chi connectivity index (χ1) is 16.8. The predicted octanol–water partition coefficient (Wildman–Crippen LogP) is 6.06. The smallest absolute Gasteiger partial charge is 0.251 e. The number of carbonyl (C=O) groups excluding carboxylic acids is 1. The number of amides is 1. The topological polar surface area (TPSA) is 56.8 Å². The minimum absolute atomic E-state index is 0.114. The van der Waals surface area contributed by atoms with Gasteiger partial charge in [-0.1, -0.05) is 48.5 Å². The van der Waals surface area contributed by atoms with E-state index >= 15 is 0 Å². The highest BCUT2D eigenvalue weighted by molar-refractivity contribution is 5.94. The Kier molecular flexibility index (Phi) is 8.17. The van der Waals surface area contributed by atoms with Crippen molar-refractivity contribution in [2.45, 2.75) is 13.0 Å². The molecule has 0 saturated carbocycles. The molecule has 0 aliphatic carbocycles. The van der Waals surface area contributed by atoms with Gasteiger partial charge in [0, 0.05) is 24.6 Å². The molecule has 0 atom stereocenters. The predicted molar refractivity (Wildman–Crippen MR) is 131 cm³/mol. The molecule has 171 valence electrons. The number of nitrogens with one attached hydrogen (secondary N) is 1. The van der Waals surface area contributed by atoms with Gasteiger partial charge in [-0.2, -0.15) is 0 Å². The van der Waals surface area contributed by atoms with Gasteiger partial charge in [-0.15, -0.1) is 0 Å². The van der Waals surface area contributed by atoms with Crippen LogP contribution < -0.4 is 19.5 Å². The third-order valence-electron chi connectivity index (χ3n) is 4.92. The normalized spacial score (nSPS) is 10.4. The summed E-state index contributed by atoms with van der Waals surface area (Å²) in [7, 11) is 0. The van der Waals surface area contributed by atoms with Gasteiger partial charge >= 0.3 is 0 Å². The summed E-state index contributed by atoms with van der Waals surface area (Å²) in [6.07, 6.45) is 0.727. The van der Waals surface area contributed by atoms with Gasteiger partial charge in [-0.05, 0) is 60.2 Å². The zero-order valence-corrected chi connectivity index (χ0v) is 18.8. The second kappa shape index (κ2) is 12.1. The van der Waals surface area contributed by atoms with Crippen molar-refractivity contribution in [2.24, 2.45) is 0 Å². The average Bonchev–Trinajstić information content (AvgIpc) is 2.89. The molecule has 5 heteroatoms. The molecule has 4 aromatic carbocycles. The molecule has 0 aliphatic heterocycles. The molecule has 0 heterocycles. The minimum atomic E-state index is -0.114. The molecule has 34 heavy (non-hydrogen) atoms. The van der Waals surface area contributed by atoms with E-state index in [1.807, 2.05) is 91.0 Å². The highest BCUT2D eigenvalue weighted by Gasteiger charge is 2.05. The van der Waals surface area contributed by atoms with Crippen LogP contribution in [0.25, 0.3) is 0 Å². The van der Waals surface area contributed by atoms with Crippen LogP contribution in [0.15, 0.2) is 103 Å². The lowest BCUT2D eigenvalue weighted by Gasteiger charge is -2.10. The number of carbonyl (C=O) groups is 1. The summed E-state index contributed by atoms with van der Waals surface area (Å²) in [6.45, 7) is 1.43. The van der Waals surface area contributed by atoms with Crippen molar-refractivity contribution in [1.82, 2.24) is 5.32 Å². The van der Waals surface area contributed by atoms with Crippen LogP contribution in [0, 0.1) is 6.07 Å². The van der Waals surface area contributed by atoms with E-state index in [1.54, 1.807) is 12.1 Å². The summed E-state index contributed by atoms with van der Waals surface area (Å²) in [6, 6.07) is 35.2. The molecule has 0 unspecified atom stereocenters. The van der Waals surface area contributed by atoms with Gasteiger partial charge in [-0.3, -0.25) is 4.79 Å². The number of benzene rings is 4. The Morgan fingerprint density at radius 3 is 2.09 bits per heavy atom. The van der Waals surface area contributed by atoms with E-state index in [4.69, 9.17) is 14.2 Å². The molecule has 0 saturated heterocycles. The van der Waals surface area contributed by atoms with Gasteiger partial charge in [-0.25, -0.2) is 0 Å². The SMILES string of the molecule is O=C(NCc1[c]c(OCCCOc2ccc(Oc3ccccc3)cc2)ccc1)c1ccccc1. The molecule has 4 rings (SSSR count). The third kappa shape index (κ3) is 7.14. The fourth-order valence-electron chi connectivity index (χ4n) is 3.21. The maximum absolute atomic E-state index is 12.2. The molecular weight excluding hydrogens is 426 g/mol. The largest absolute Gasteiger partial charge is 0.493 e. The van der Waals surface area contributed by atoms with Crippen molar-refractivity contribution < 1.29 is 19.0 Å². The molecular formula is C29H26NO4. The molecule has 1 amide bonds. The fraction of sp³-hybridized carbons (Fsp3) is 0.138. The number of hydrogen-bond donors (Lipinski definition) is 1. The van der Waals surface area contributed by atoms with Crippen molar-refractivity contribution >= 4 is 5.91 Å². The van der Waals surface area contributed by atoms with E-state index in [2.05, 4.69) is 11.4 Å². The number of para-hydroxylation sites is 1. The molecule has 0 fully saturated rings. The highest BCUT2D eigenvalue weighted by atomic mass is 16.5. The molecule has 0 bridgehead atoms. The monoisotopic (exact) mass is 452 g/mol. The molecule has 5 nitrogen and oxygen atoms in total. The molecule has 1 radical (unpaired) electrons. The van der Waals surface area contributed by atoms with E-state index < -0.39 is 0 Å². The summed E-state index contributed by atoms with van der Waals surface area (Å²) < 4.78 is 17.4. The zero-order valence-electron chi connectivity index (χ0n) is 18.8. The van der Waals surface area contributed by atoms with E-state index in [9.17, 15) is 4.79 Å². The average molecular weight is 453 g/mol. The van der Waals surface area contributed by atoms with Crippen LogP contribution >= 0.6 is 0 Å². The molecule has 0 aromatic heterocycles. The Morgan fingerprint density at radius 2 is 1.32 bits per heavy atom. The van der Waals surface area contributed by atoms with Gasteiger partial charge in [0.2, 0.25) is 0 Å². The van der Waals surface area contributed by atoms with Crippen LogP contribution in [-0.4, -0.2) is 19.1 Å². The molecule has 1 N–H and O–H groups in total. The summed E-state index contributed by atoms with van der Waals surface area (Å²) in [5.74, 6) is 2.87. The Balaban J connectivity index is 1.15. The molecule has 0 spiro atoms. The minimum Gasteiger partial charge on any atom is -0.493 e.